The van der Waals surface area contributed by atoms with Crippen LogP contribution in [0.3, 0.4) is 0 Å². The van der Waals surface area contributed by atoms with Gasteiger partial charge in [0, 0.05) is 26.2 Å². The van der Waals surface area contributed by atoms with Crippen molar-refractivity contribution in [1.82, 2.24) is 4.90 Å². The van der Waals surface area contributed by atoms with E-state index in [0.717, 1.165) is 18.4 Å². The minimum absolute atomic E-state index is 0.0711. The second-order valence-electron chi connectivity index (χ2n) is 4.54. The van der Waals surface area contributed by atoms with Gasteiger partial charge in [0.05, 0.1) is 0 Å². The van der Waals surface area contributed by atoms with Crippen LogP contribution in [0.2, 0.25) is 0 Å². The Balaban J connectivity index is 2.00. The molecule has 4 nitrogen and oxygen atoms in total. The van der Waals surface area contributed by atoms with Gasteiger partial charge in [-0.15, -0.1) is 0 Å². The van der Waals surface area contributed by atoms with Gasteiger partial charge in [0.2, 0.25) is 0 Å². The molecule has 1 aliphatic rings. The molecule has 1 atom stereocenters. The molecule has 2 N–H and O–H groups in total. The third-order valence-electron chi connectivity index (χ3n) is 3.13. The zero-order chi connectivity index (χ0) is 12.8. The maximum Gasteiger partial charge on any atom is 0.252 e. The summed E-state index contributed by atoms with van der Waals surface area (Å²) in [6.45, 7) is 2.35. The summed E-state index contributed by atoms with van der Waals surface area (Å²) >= 11 is 0. The summed E-state index contributed by atoms with van der Waals surface area (Å²) in [5.74, 6) is 0.0711. The number of nitrogens with zero attached hydrogens (tertiary/aromatic N) is 1. The van der Waals surface area contributed by atoms with E-state index in [1.165, 1.54) is 0 Å². The van der Waals surface area contributed by atoms with E-state index in [9.17, 15) is 4.79 Å². The first kappa shape index (κ1) is 13.1. The van der Waals surface area contributed by atoms with Crippen LogP contribution >= 0.6 is 0 Å². The van der Waals surface area contributed by atoms with E-state index in [1.807, 2.05) is 30.3 Å². The molecule has 0 aromatic heterocycles. The van der Waals surface area contributed by atoms with Crippen molar-refractivity contribution in [2.75, 3.05) is 19.7 Å². The molecule has 0 spiro atoms. The molecule has 4 heteroatoms. The lowest BCUT2D eigenvalue weighted by molar-refractivity contribution is -0.141. The number of ether oxygens (including phenoxy) is 1. The highest BCUT2D eigenvalue weighted by atomic mass is 16.5. The van der Waals surface area contributed by atoms with Gasteiger partial charge >= 0.3 is 0 Å². The van der Waals surface area contributed by atoms with E-state index < -0.39 is 0 Å². The van der Waals surface area contributed by atoms with Gasteiger partial charge in [-0.3, -0.25) is 4.79 Å². The second-order valence-corrected chi connectivity index (χ2v) is 4.54. The molecule has 1 saturated heterocycles. The lowest BCUT2D eigenvalue weighted by Gasteiger charge is -2.24. The number of nitrogens with two attached hydrogens (primary N) is 1. The standard InChI is InChI=1S/C14H20N2O2/c15-8-9-16(11-12-5-2-1-3-6-12)14(17)13-7-4-10-18-13/h1-3,5-6,13H,4,7-11,15H2/t13-/m0/s1. The zero-order valence-electron chi connectivity index (χ0n) is 10.5. The van der Waals surface area contributed by atoms with Gasteiger partial charge < -0.3 is 15.4 Å². The summed E-state index contributed by atoms with van der Waals surface area (Å²) in [5.41, 5.74) is 6.71. The van der Waals surface area contributed by atoms with Crippen molar-refractivity contribution < 1.29 is 9.53 Å². The second kappa shape index (κ2) is 6.52. The summed E-state index contributed by atoms with van der Waals surface area (Å²) in [7, 11) is 0. The molecule has 1 aromatic rings. The molecule has 1 aliphatic heterocycles. The Kier molecular flexibility index (Phi) is 4.73. The van der Waals surface area contributed by atoms with Crippen molar-refractivity contribution in [2.45, 2.75) is 25.5 Å². The van der Waals surface area contributed by atoms with Crippen LogP contribution in [0, 0.1) is 0 Å². The first-order chi connectivity index (χ1) is 8.81. The Morgan fingerprint density at radius 1 is 1.39 bits per heavy atom. The van der Waals surface area contributed by atoms with Crippen molar-refractivity contribution in [1.29, 1.82) is 0 Å². The number of benzene rings is 1. The molecule has 0 unspecified atom stereocenters. The highest BCUT2D eigenvalue weighted by Gasteiger charge is 2.27. The number of rotatable bonds is 5. The van der Waals surface area contributed by atoms with Crippen LogP contribution in [0.5, 0.6) is 0 Å². The van der Waals surface area contributed by atoms with E-state index in [1.54, 1.807) is 4.90 Å². The Morgan fingerprint density at radius 3 is 2.78 bits per heavy atom. The van der Waals surface area contributed by atoms with Gasteiger partial charge in [-0.25, -0.2) is 0 Å². The summed E-state index contributed by atoms with van der Waals surface area (Å²) < 4.78 is 5.45. The smallest absolute Gasteiger partial charge is 0.252 e. The van der Waals surface area contributed by atoms with Crippen LogP contribution < -0.4 is 5.73 Å². The molecule has 0 bridgehead atoms. The average Bonchev–Trinajstić information content (AvgIpc) is 2.92. The quantitative estimate of drug-likeness (QED) is 0.850. The van der Waals surface area contributed by atoms with Crippen molar-refractivity contribution in [3.8, 4) is 0 Å². The van der Waals surface area contributed by atoms with E-state index in [0.29, 0.717) is 26.2 Å². The van der Waals surface area contributed by atoms with Gasteiger partial charge in [0.1, 0.15) is 6.10 Å². The number of carbonyl (C=O) groups excluding carboxylic acids is 1. The van der Waals surface area contributed by atoms with Gasteiger partial charge in [-0.05, 0) is 18.4 Å². The summed E-state index contributed by atoms with van der Waals surface area (Å²) in [4.78, 5) is 14.1. The highest BCUT2D eigenvalue weighted by Crippen LogP contribution is 2.16. The predicted octanol–water partition coefficient (Wildman–Crippen LogP) is 1.15. The van der Waals surface area contributed by atoms with E-state index >= 15 is 0 Å². The monoisotopic (exact) mass is 248 g/mol. The van der Waals surface area contributed by atoms with Crippen LogP contribution in [0.25, 0.3) is 0 Å². The Bertz CT molecular complexity index is 375. The maximum absolute atomic E-state index is 12.3. The molecule has 0 radical (unpaired) electrons. The molecule has 0 saturated carbocycles. The number of hydrogen-bond donors (Lipinski definition) is 1. The Hall–Kier alpha value is -1.39. The molecule has 2 rings (SSSR count). The molecule has 1 aromatic carbocycles. The normalized spacial score (nSPS) is 18.8. The third-order valence-corrected chi connectivity index (χ3v) is 3.13. The fourth-order valence-corrected chi connectivity index (χ4v) is 2.20. The number of amides is 1. The predicted molar refractivity (Wildman–Crippen MR) is 69.9 cm³/mol. The average molecular weight is 248 g/mol. The number of hydrogen-bond acceptors (Lipinski definition) is 3. The zero-order valence-corrected chi connectivity index (χ0v) is 10.5. The van der Waals surface area contributed by atoms with Crippen molar-refractivity contribution in [3.05, 3.63) is 35.9 Å². The number of carbonyl (C=O) groups is 1. The topological polar surface area (TPSA) is 55.6 Å². The summed E-state index contributed by atoms with van der Waals surface area (Å²) in [6, 6.07) is 9.97. The molecule has 1 fully saturated rings. The van der Waals surface area contributed by atoms with E-state index in [-0.39, 0.29) is 12.0 Å². The van der Waals surface area contributed by atoms with Crippen LogP contribution in [-0.4, -0.2) is 36.6 Å². The highest BCUT2D eigenvalue weighted by molar-refractivity contribution is 5.81. The van der Waals surface area contributed by atoms with E-state index in [2.05, 4.69) is 0 Å². The van der Waals surface area contributed by atoms with E-state index in [4.69, 9.17) is 10.5 Å². The molecule has 1 amide bonds. The molecule has 0 aliphatic carbocycles. The van der Waals surface area contributed by atoms with Gasteiger partial charge in [0.15, 0.2) is 0 Å². The van der Waals surface area contributed by atoms with Crippen LogP contribution in [0.15, 0.2) is 30.3 Å². The van der Waals surface area contributed by atoms with Gasteiger partial charge in [0.25, 0.3) is 5.91 Å². The first-order valence-corrected chi connectivity index (χ1v) is 6.45. The summed E-state index contributed by atoms with van der Waals surface area (Å²) in [5, 5.41) is 0. The molecular weight excluding hydrogens is 228 g/mol. The molecule has 1 heterocycles. The summed E-state index contributed by atoms with van der Waals surface area (Å²) in [6.07, 6.45) is 1.53. The fraction of sp³-hybridized carbons (Fsp3) is 0.500. The lowest BCUT2D eigenvalue weighted by Crippen LogP contribution is -2.41. The van der Waals surface area contributed by atoms with Crippen LogP contribution in [0.1, 0.15) is 18.4 Å². The first-order valence-electron chi connectivity index (χ1n) is 6.45. The largest absolute Gasteiger partial charge is 0.368 e. The molecule has 98 valence electrons. The molecule has 18 heavy (non-hydrogen) atoms. The lowest BCUT2D eigenvalue weighted by atomic mass is 10.1. The van der Waals surface area contributed by atoms with Crippen molar-refractivity contribution in [3.63, 3.8) is 0 Å². The van der Waals surface area contributed by atoms with Crippen LogP contribution in [0.4, 0.5) is 0 Å². The van der Waals surface area contributed by atoms with Crippen molar-refractivity contribution >= 4 is 5.91 Å². The van der Waals surface area contributed by atoms with Crippen molar-refractivity contribution in [2.24, 2.45) is 5.73 Å². The van der Waals surface area contributed by atoms with Gasteiger partial charge in [-0.2, -0.15) is 0 Å². The SMILES string of the molecule is NCCN(Cc1ccccc1)C(=O)[C@@H]1CCCO1. The van der Waals surface area contributed by atoms with Crippen LogP contribution in [-0.2, 0) is 16.1 Å². The minimum atomic E-state index is -0.264. The fourth-order valence-electron chi connectivity index (χ4n) is 2.20. The minimum Gasteiger partial charge on any atom is -0.368 e. The Morgan fingerprint density at radius 2 is 2.17 bits per heavy atom. The van der Waals surface area contributed by atoms with Gasteiger partial charge in [-0.1, -0.05) is 30.3 Å². The third kappa shape index (κ3) is 3.31. The Labute approximate surface area is 108 Å². The maximum atomic E-state index is 12.3. The molecular formula is C14H20N2O2.